The quantitative estimate of drug-likeness (QED) is 0.780. The highest BCUT2D eigenvalue weighted by Crippen LogP contribution is 2.33. The highest BCUT2D eigenvalue weighted by atomic mass is 16.5. The topological polar surface area (TPSA) is 41.5 Å². The molecule has 1 unspecified atom stereocenters. The molecule has 0 amide bonds. The van der Waals surface area contributed by atoms with Gasteiger partial charge in [-0.2, -0.15) is 0 Å². The zero-order valence-corrected chi connectivity index (χ0v) is 9.21. The summed E-state index contributed by atoms with van der Waals surface area (Å²) in [7, 11) is 1.63. The number of rotatable bonds is 2. The summed E-state index contributed by atoms with van der Waals surface area (Å²) in [6, 6.07) is 4.21. The van der Waals surface area contributed by atoms with Gasteiger partial charge in [0, 0.05) is 11.6 Å². The van der Waals surface area contributed by atoms with E-state index in [4.69, 9.17) is 4.74 Å². The molecule has 3 nitrogen and oxygen atoms in total. The average Bonchev–Trinajstić information content (AvgIpc) is 2.75. The van der Waals surface area contributed by atoms with Crippen molar-refractivity contribution >= 4 is 0 Å². The van der Waals surface area contributed by atoms with Gasteiger partial charge in [-0.05, 0) is 44.0 Å². The van der Waals surface area contributed by atoms with Gasteiger partial charge in [0.2, 0.25) is 0 Å². The van der Waals surface area contributed by atoms with E-state index < -0.39 is 0 Å². The van der Waals surface area contributed by atoms with Crippen molar-refractivity contribution in [3.05, 3.63) is 23.3 Å². The number of ether oxygens (including phenoxy) is 1. The van der Waals surface area contributed by atoms with Gasteiger partial charge in [0.15, 0.2) is 0 Å². The lowest BCUT2D eigenvalue weighted by Crippen LogP contribution is -2.12. The van der Waals surface area contributed by atoms with E-state index in [1.165, 1.54) is 6.42 Å². The molecule has 1 aromatic rings. The summed E-state index contributed by atoms with van der Waals surface area (Å²) in [6.45, 7) is 2.92. The van der Waals surface area contributed by atoms with Crippen LogP contribution in [0.5, 0.6) is 11.5 Å². The molecule has 82 valence electrons. The van der Waals surface area contributed by atoms with E-state index in [2.05, 4.69) is 5.32 Å². The van der Waals surface area contributed by atoms with Crippen molar-refractivity contribution in [3.63, 3.8) is 0 Å². The van der Waals surface area contributed by atoms with E-state index in [9.17, 15) is 5.11 Å². The minimum Gasteiger partial charge on any atom is -0.508 e. The lowest BCUT2D eigenvalue weighted by atomic mass is 10.0. The van der Waals surface area contributed by atoms with Gasteiger partial charge in [0.25, 0.3) is 0 Å². The molecule has 0 aliphatic carbocycles. The van der Waals surface area contributed by atoms with Crippen LogP contribution in [0.2, 0.25) is 0 Å². The molecular weight excluding hydrogens is 190 g/mol. The number of phenols is 1. The third-order valence-electron chi connectivity index (χ3n) is 3.04. The molecule has 1 atom stereocenters. The van der Waals surface area contributed by atoms with Crippen molar-refractivity contribution in [1.82, 2.24) is 5.32 Å². The summed E-state index contributed by atoms with van der Waals surface area (Å²) < 4.78 is 5.24. The van der Waals surface area contributed by atoms with Crippen LogP contribution in [-0.2, 0) is 0 Å². The molecule has 1 saturated heterocycles. The zero-order chi connectivity index (χ0) is 10.8. The Hall–Kier alpha value is -1.22. The molecular formula is C12H17NO2. The second-order valence-corrected chi connectivity index (χ2v) is 4.02. The molecule has 0 aromatic heterocycles. The maximum atomic E-state index is 9.76. The molecule has 1 aliphatic rings. The van der Waals surface area contributed by atoms with Crippen molar-refractivity contribution in [3.8, 4) is 11.5 Å². The maximum Gasteiger partial charge on any atom is 0.125 e. The summed E-state index contributed by atoms with van der Waals surface area (Å²) >= 11 is 0. The maximum absolute atomic E-state index is 9.76. The first-order valence-corrected chi connectivity index (χ1v) is 5.33. The van der Waals surface area contributed by atoms with Crippen LogP contribution in [0.3, 0.4) is 0 Å². The van der Waals surface area contributed by atoms with Crippen molar-refractivity contribution in [2.75, 3.05) is 13.7 Å². The van der Waals surface area contributed by atoms with Gasteiger partial charge in [0.05, 0.1) is 7.11 Å². The fraction of sp³-hybridized carbons (Fsp3) is 0.500. The van der Waals surface area contributed by atoms with Crippen LogP contribution in [0.25, 0.3) is 0 Å². The van der Waals surface area contributed by atoms with Gasteiger partial charge in [-0.1, -0.05) is 0 Å². The lowest BCUT2D eigenvalue weighted by Gasteiger charge is -2.14. The Bertz CT molecular complexity index is 357. The highest BCUT2D eigenvalue weighted by molar-refractivity contribution is 5.47. The molecule has 0 saturated carbocycles. The van der Waals surface area contributed by atoms with Gasteiger partial charge < -0.3 is 15.2 Å². The molecule has 1 fully saturated rings. The van der Waals surface area contributed by atoms with Crippen LogP contribution >= 0.6 is 0 Å². The number of aromatic hydroxyl groups is 1. The van der Waals surface area contributed by atoms with Gasteiger partial charge in [-0.15, -0.1) is 0 Å². The molecule has 3 heteroatoms. The standard InChI is InChI=1S/C12H17NO2/c1-8-11(14)6-9(7-12(8)15-2)10-4-3-5-13-10/h6-7,10,13-14H,3-5H2,1-2H3. The summed E-state index contributed by atoms with van der Waals surface area (Å²) in [4.78, 5) is 0. The predicted octanol–water partition coefficient (Wildman–Crippen LogP) is 2.13. The second-order valence-electron chi connectivity index (χ2n) is 4.02. The summed E-state index contributed by atoms with van der Waals surface area (Å²) in [5.74, 6) is 1.08. The Morgan fingerprint density at radius 3 is 2.87 bits per heavy atom. The van der Waals surface area contributed by atoms with Crippen LogP contribution in [0.1, 0.15) is 30.0 Å². The molecule has 15 heavy (non-hydrogen) atoms. The van der Waals surface area contributed by atoms with Crippen molar-refractivity contribution in [2.24, 2.45) is 0 Å². The van der Waals surface area contributed by atoms with E-state index in [1.54, 1.807) is 7.11 Å². The third kappa shape index (κ3) is 1.92. The van der Waals surface area contributed by atoms with E-state index in [0.29, 0.717) is 11.8 Å². The first-order chi connectivity index (χ1) is 7.22. The Balaban J connectivity index is 2.35. The summed E-state index contributed by atoms with van der Waals surface area (Å²) in [6.07, 6.45) is 2.33. The minimum absolute atomic E-state index is 0.318. The van der Waals surface area contributed by atoms with Crippen molar-refractivity contribution in [1.29, 1.82) is 0 Å². The SMILES string of the molecule is COc1cc(C2CCCN2)cc(O)c1C. The Morgan fingerprint density at radius 2 is 2.27 bits per heavy atom. The Morgan fingerprint density at radius 1 is 1.47 bits per heavy atom. The lowest BCUT2D eigenvalue weighted by molar-refractivity contribution is 0.401. The highest BCUT2D eigenvalue weighted by Gasteiger charge is 2.18. The fourth-order valence-corrected chi connectivity index (χ4v) is 2.08. The number of benzene rings is 1. The molecule has 2 N–H and O–H groups in total. The molecule has 0 radical (unpaired) electrons. The molecule has 1 aliphatic heterocycles. The van der Waals surface area contributed by atoms with Gasteiger partial charge in [-0.25, -0.2) is 0 Å². The van der Waals surface area contributed by atoms with Crippen LogP contribution in [-0.4, -0.2) is 18.8 Å². The van der Waals surface area contributed by atoms with E-state index in [0.717, 1.165) is 29.8 Å². The van der Waals surface area contributed by atoms with Crippen molar-refractivity contribution < 1.29 is 9.84 Å². The molecule has 0 spiro atoms. The van der Waals surface area contributed by atoms with Crippen LogP contribution in [0.4, 0.5) is 0 Å². The number of nitrogens with one attached hydrogen (secondary N) is 1. The average molecular weight is 207 g/mol. The zero-order valence-electron chi connectivity index (χ0n) is 9.21. The summed E-state index contributed by atoms with van der Waals surface area (Å²) in [5, 5.41) is 13.2. The molecule has 1 aromatic carbocycles. The van der Waals surface area contributed by atoms with Crippen LogP contribution in [0.15, 0.2) is 12.1 Å². The van der Waals surface area contributed by atoms with E-state index in [-0.39, 0.29) is 0 Å². The third-order valence-corrected chi connectivity index (χ3v) is 3.04. The monoisotopic (exact) mass is 207 g/mol. The van der Waals surface area contributed by atoms with E-state index in [1.807, 2.05) is 19.1 Å². The van der Waals surface area contributed by atoms with Gasteiger partial charge in [-0.3, -0.25) is 0 Å². The molecule has 1 heterocycles. The normalized spacial score (nSPS) is 20.5. The number of hydrogen-bond donors (Lipinski definition) is 2. The number of methoxy groups -OCH3 is 1. The largest absolute Gasteiger partial charge is 0.508 e. The van der Waals surface area contributed by atoms with Gasteiger partial charge in [0.1, 0.15) is 11.5 Å². The minimum atomic E-state index is 0.318. The first-order valence-electron chi connectivity index (χ1n) is 5.33. The summed E-state index contributed by atoms with van der Waals surface area (Å²) in [5.41, 5.74) is 1.92. The Kier molecular flexibility index (Phi) is 2.82. The predicted molar refractivity (Wildman–Crippen MR) is 59.4 cm³/mol. The number of hydrogen-bond acceptors (Lipinski definition) is 3. The van der Waals surface area contributed by atoms with E-state index >= 15 is 0 Å². The number of phenolic OH excluding ortho intramolecular Hbond substituents is 1. The fourth-order valence-electron chi connectivity index (χ4n) is 2.08. The smallest absolute Gasteiger partial charge is 0.125 e. The molecule has 2 rings (SSSR count). The van der Waals surface area contributed by atoms with Crippen LogP contribution in [0, 0.1) is 6.92 Å². The molecule has 0 bridgehead atoms. The van der Waals surface area contributed by atoms with Crippen molar-refractivity contribution in [2.45, 2.75) is 25.8 Å². The second kappa shape index (κ2) is 4.11. The van der Waals surface area contributed by atoms with Gasteiger partial charge >= 0.3 is 0 Å². The first kappa shape index (κ1) is 10.3. The van der Waals surface area contributed by atoms with Crippen LogP contribution < -0.4 is 10.1 Å². The Labute approximate surface area is 90.1 Å².